The van der Waals surface area contributed by atoms with Crippen molar-refractivity contribution in [3.8, 4) is 5.75 Å². The normalized spacial score (nSPS) is 13.4. The van der Waals surface area contributed by atoms with Crippen LogP contribution in [0.15, 0.2) is 24.3 Å². The summed E-state index contributed by atoms with van der Waals surface area (Å²) in [7, 11) is 1.70. The molecule has 0 radical (unpaired) electrons. The zero-order valence-corrected chi connectivity index (χ0v) is 12.9. The van der Waals surface area contributed by atoms with Crippen LogP contribution >= 0.6 is 11.8 Å². The molecule has 0 heterocycles. The zero-order chi connectivity index (χ0) is 13.6. The largest absolute Gasteiger partial charge is 0.497 e. The van der Waals surface area contributed by atoms with E-state index in [1.165, 1.54) is 5.56 Å². The lowest BCUT2D eigenvalue weighted by Gasteiger charge is -2.25. The summed E-state index contributed by atoms with van der Waals surface area (Å²) in [4.78, 5) is 0. The molecule has 0 aliphatic rings. The number of hydrogen-bond acceptors (Lipinski definition) is 3. The quantitative estimate of drug-likeness (QED) is 0.818. The minimum atomic E-state index is 0.300. The van der Waals surface area contributed by atoms with Gasteiger partial charge in [-0.3, -0.25) is 0 Å². The number of methoxy groups -OCH3 is 1. The van der Waals surface area contributed by atoms with Crippen molar-refractivity contribution in [1.82, 2.24) is 5.32 Å². The molecule has 0 aliphatic heterocycles. The van der Waals surface area contributed by atoms with Crippen LogP contribution in [0.4, 0.5) is 0 Å². The lowest BCUT2D eigenvalue weighted by atomic mass is 10.1. The smallest absolute Gasteiger partial charge is 0.118 e. The minimum absolute atomic E-state index is 0.300. The molecule has 18 heavy (non-hydrogen) atoms. The molecule has 3 heteroatoms. The molecule has 0 amide bonds. The maximum absolute atomic E-state index is 5.16. The van der Waals surface area contributed by atoms with Gasteiger partial charge in [-0.25, -0.2) is 0 Å². The standard InChI is InChI=1S/C15H25NOS/c1-12(16-11-15(2,3)18-5)10-13-6-8-14(17-4)9-7-13/h6-9,12,16H,10-11H2,1-5H3. The van der Waals surface area contributed by atoms with E-state index in [4.69, 9.17) is 4.74 Å². The predicted molar refractivity (Wildman–Crippen MR) is 81.8 cm³/mol. The second-order valence-electron chi connectivity index (χ2n) is 5.30. The lowest BCUT2D eigenvalue weighted by Crippen LogP contribution is -2.38. The lowest BCUT2D eigenvalue weighted by molar-refractivity contribution is 0.414. The Morgan fingerprint density at radius 1 is 1.28 bits per heavy atom. The van der Waals surface area contributed by atoms with E-state index in [9.17, 15) is 0 Å². The summed E-state index contributed by atoms with van der Waals surface area (Å²) in [5.74, 6) is 0.919. The fraction of sp³-hybridized carbons (Fsp3) is 0.600. The molecule has 1 rings (SSSR count). The summed E-state index contributed by atoms with van der Waals surface area (Å²) in [5.41, 5.74) is 1.35. The van der Waals surface area contributed by atoms with Gasteiger partial charge < -0.3 is 10.1 Å². The van der Waals surface area contributed by atoms with Crippen molar-refractivity contribution in [3.05, 3.63) is 29.8 Å². The molecule has 1 N–H and O–H groups in total. The Morgan fingerprint density at radius 2 is 1.89 bits per heavy atom. The van der Waals surface area contributed by atoms with Crippen LogP contribution in [0.5, 0.6) is 5.75 Å². The number of thioether (sulfide) groups is 1. The van der Waals surface area contributed by atoms with Crippen LogP contribution in [-0.4, -0.2) is 30.7 Å². The first-order valence-electron chi connectivity index (χ1n) is 6.38. The third-order valence-corrected chi connectivity index (χ3v) is 4.38. The molecular weight excluding hydrogens is 242 g/mol. The molecule has 0 spiro atoms. The molecule has 1 atom stereocenters. The summed E-state index contributed by atoms with van der Waals surface area (Å²) >= 11 is 1.90. The van der Waals surface area contributed by atoms with Crippen LogP contribution in [0.1, 0.15) is 26.3 Å². The predicted octanol–water partition coefficient (Wildman–Crippen LogP) is 3.36. The number of benzene rings is 1. The number of nitrogens with one attached hydrogen (secondary N) is 1. The molecule has 0 bridgehead atoms. The first kappa shape index (κ1) is 15.4. The van der Waals surface area contributed by atoms with Gasteiger partial charge in [0.25, 0.3) is 0 Å². The molecule has 0 fully saturated rings. The average molecular weight is 267 g/mol. The van der Waals surface area contributed by atoms with Gasteiger partial charge in [0.1, 0.15) is 5.75 Å². The Labute approximate surface area is 116 Å². The Hall–Kier alpha value is -0.670. The van der Waals surface area contributed by atoms with E-state index >= 15 is 0 Å². The maximum Gasteiger partial charge on any atom is 0.118 e. The van der Waals surface area contributed by atoms with Crippen LogP contribution in [0.3, 0.4) is 0 Å². The molecule has 1 unspecified atom stereocenters. The summed E-state index contributed by atoms with van der Waals surface area (Å²) in [6, 6.07) is 8.81. The summed E-state index contributed by atoms with van der Waals surface area (Å²) in [6.07, 6.45) is 3.21. The van der Waals surface area contributed by atoms with E-state index in [2.05, 4.69) is 44.5 Å². The first-order chi connectivity index (χ1) is 8.46. The van der Waals surface area contributed by atoms with Crippen LogP contribution in [0.2, 0.25) is 0 Å². The van der Waals surface area contributed by atoms with Crippen LogP contribution in [0, 0.1) is 0 Å². The molecule has 0 aliphatic carbocycles. The molecule has 102 valence electrons. The highest BCUT2D eigenvalue weighted by Gasteiger charge is 2.16. The van der Waals surface area contributed by atoms with Crippen molar-refractivity contribution in [2.75, 3.05) is 19.9 Å². The van der Waals surface area contributed by atoms with Crippen LogP contribution in [-0.2, 0) is 6.42 Å². The average Bonchev–Trinajstić information content (AvgIpc) is 2.37. The molecule has 1 aromatic rings. The van der Waals surface area contributed by atoms with E-state index in [0.717, 1.165) is 18.7 Å². The third-order valence-electron chi connectivity index (χ3n) is 3.13. The first-order valence-corrected chi connectivity index (χ1v) is 7.61. The number of ether oxygens (including phenoxy) is 1. The monoisotopic (exact) mass is 267 g/mol. The Bertz CT molecular complexity index is 348. The van der Waals surface area contributed by atoms with Gasteiger partial charge in [0.05, 0.1) is 7.11 Å². The highest BCUT2D eigenvalue weighted by molar-refractivity contribution is 7.99. The number of rotatable bonds is 7. The van der Waals surface area contributed by atoms with E-state index in [1.54, 1.807) is 7.11 Å². The fourth-order valence-corrected chi connectivity index (χ4v) is 1.91. The fourth-order valence-electron chi connectivity index (χ4n) is 1.68. The Balaban J connectivity index is 2.41. The number of hydrogen-bond donors (Lipinski definition) is 1. The van der Waals surface area contributed by atoms with Gasteiger partial charge in [0, 0.05) is 17.3 Å². The van der Waals surface area contributed by atoms with Gasteiger partial charge in [-0.1, -0.05) is 12.1 Å². The second kappa shape index (κ2) is 7.05. The highest BCUT2D eigenvalue weighted by Crippen LogP contribution is 2.20. The van der Waals surface area contributed by atoms with Gasteiger partial charge in [-0.15, -0.1) is 0 Å². The van der Waals surface area contributed by atoms with Crippen LogP contribution < -0.4 is 10.1 Å². The van der Waals surface area contributed by atoms with E-state index in [-0.39, 0.29) is 0 Å². The van der Waals surface area contributed by atoms with Gasteiger partial charge in [0.15, 0.2) is 0 Å². The molecule has 0 saturated carbocycles. The van der Waals surface area contributed by atoms with Gasteiger partial charge >= 0.3 is 0 Å². The van der Waals surface area contributed by atoms with Crippen molar-refractivity contribution in [2.45, 2.75) is 38.0 Å². The zero-order valence-electron chi connectivity index (χ0n) is 12.1. The summed E-state index contributed by atoms with van der Waals surface area (Å²) in [6.45, 7) is 7.81. The summed E-state index contributed by atoms with van der Waals surface area (Å²) < 4.78 is 5.46. The Kier molecular flexibility index (Phi) is 6.03. The van der Waals surface area contributed by atoms with E-state index in [0.29, 0.717) is 10.8 Å². The van der Waals surface area contributed by atoms with Gasteiger partial charge in [-0.2, -0.15) is 11.8 Å². The highest BCUT2D eigenvalue weighted by atomic mass is 32.2. The van der Waals surface area contributed by atoms with E-state index in [1.807, 2.05) is 23.9 Å². The van der Waals surface area contributed by atoms with Gasteiger partial charge in [0.2, 0.25) is 0 Å². The SMILES string of the molecule is COc1ccc(CC(C)NCC(C)(C)SC)cc1. The molecule has 1 aromatic carbocycles. The minimum Gasteiger partial charge on any atom is -0.497 e. The summed E-state index contributed by atoms with van der Waals surface area (Å²) in [5, 5.41) is 3.60. The molecular formula is C15H25NOS. The van der Waals surface area contributed by atoms with Crippen molar-refractivity contribution >= 4 is 11.8 Å². The van der Waals surface area contributed by atoms with Crippen molar-refractivity contribution < 1.29 is 4.74 Å². The van der Waals surface area contributed by atoms with Crippen molar-refractivity contribution in [1.29, 1.82) is 0 Å². The second-order valence-corrected chi connectivity index (χ2v) is 6.81. The third kappa shape index (κ3) is 5.32. The van der Waals surface area contributed by atoms with Crippen molar-refractivity contribution in [2.24, 2.45) is 0 Å². The molecule has 0 saturated heterocycles. The van der Waals surface area contributed by atoms with E-state index < -0.39 is 0 Å². The molecule has 0 aromatic heterocycles. The van der Waals surface area contributed by atoms with Gasteiger partial charge in [-0.05, 0) is 51.1 Å². The topological polar surface area (TPSA) is 21.3 Å². The Morgan fingerprint density at radius 3 is 2.39 bits per heavy atom. The maximum atomic E-state index is 5.16. The van der Waals surface area contributed by atoms with Crippen molar-refractivity contribution in [3.63, 3.8) is 0 Å². The van der Waals surface area contributed by atoms with Crippen LogP contribution in [0.25, 0.3) is 0 Å². The molecule has 2 nitrogen and oxygen atoms in total.